The van der Waals surface area contributed by atoms with Crippen molar-refractivity contribution < 1.29 is 9.90 Å². The summed E-state index contributed by atoms with van der Waals surface area (Å²) in [5, 5.41) is 9.82. The van der Waals surface area contributed by atoms with E-state index in [2.05, 4.69) is 25.8 Å². The molecule has 0 unspecified atom stereocenters. The third kappa shape index (κ3) is 3.93. The fourth-order valence-corrected chi connectivity index (χ4v) is 2.93. The van der Waals surface area contributed by atoms with Crippen molar-refractivity contribution in [3.05, 3.63) is 15.6 Å². The average molecular weight is 241 g/mol. The Balaban J connectivity index is 2.73. The molecular weight excluding hydrogens is 222 g/mol. The van der Waals surface area contributed by atoms with Crippen LogP contribution < -0.4 is 0 Å². The molecule has 4 heteroatoms. The predicted octanol–water partition coefficient (Wildman–Crippen LogP) is 2.92. The van der Waals surface area contributed by atoms with Crippen molar-refractivity contribution in [2.45, 2.75) is 46.5 Å². The van der Waals surface area contributed by atoms with E-state index < -0.39 is 5.97 Å². The first kappa shape index (κ1) is 13.2. The van der Waals surface area contributed by atoms with Gasteiger partial charge in [0.1, 0.15) is 0 Å². The Kier molecular flexibility index (Phi) is 4.93. The minimum Gasteiger partial charge on any atom is -0.481 e. The monoisotopic (exact) mass is 241 g/mol. The lowest BCUT2D eigenvalue weighted by Crippen LogP contribution is -1.98. The van der Waals surface area contributed by atoms with Crippen molar-refractivity contribution in [2.75, 3.05) is 0 Å². The number of carboxylic acids is 1. The van der Waals surface area contributed by atoms with Crippen LogP contribution in [0.1, 0.15) is 42.8 Å². The zero-order chi connectivity index (χ0) is 12.1. The van der Waals surface area contributed by atoms with Gasteiger partial charge in [0, 0.05) is 11.3 Å². The number of hydrogen-bond donors (Lipinski definition) is 1. The van der Waals surface area contributed by atoms with E-state index in [0.717, 1.165) is 28.4 Å². The SMILES string of the molecule is CCc1nc(CC(C)C)sc1CCC(=O)O. The number of carboxylic acid groups (broad SMARTS) is 1. The molecule has 0 spiro atoms. The number of rotatable bonds is 6. The Hall–Kier alpha value is -0.900. The van der Waals surface area contributed by atoms with Gasteiger partial charge in [-0.1, -0.05) is 20.8 Å². The fraction of sp³-hybridized carbons (Fsp3) is 0.667. The molecule has 0 radical (unpaired) electrons. The Morgan fingerprint density at radius 1 is 1.50 bits per heavy atom. The van der Waals surface area contributed by atoms with E-state index in [0.29, 0.717) is 12.3 Å². The molecule has 0 saturated carbocycles. The largest absolute Gasteiger partial charge is 0.481 e. The van der Waals surface area contributed by atoms with E-state index in [1.807, 2.05) is 0 Å². The van der Waals surface area contributed by atoms with Gasteiger partial charge >= 0.3 is 5.97 Å². The highest BCUT2D eigenvalue weighted by molar-refractivity contribution is 7.11. The number of aliphatic carboxylic acids is 1. The first-order chi connectivity index (χ1) is 7.52. The second-order valence-electron chi connectivity index (χ2n) is 4.32. The van der Waals surface area contributed by atoms with Crippen molar-refractivity contribution in [1.82, 2.24) is 4.98 Å². The lowest BCUT2D eigenvalue weighted by Gasteiger charge is -1.98. The third-order valence-electron chi connectivity index (χ3n) is 2.31. The first-order valence-corrected chi connectivity index (χ1v) is 6.53. The lowest BCUT2D eigenvalue weighted by atomic mass is 10.1. The highest BCUT2D eigenvalue weighted by Gasteiger charge is 2.11. The van der Waals surface area contributed by atoms with Crippen LogP contribution in [0.15, 0.2) is 0 Å². The second-order valence-corrected chi connectivity index (χ2v) is 5.49. The van der Waals surface area contributed by atoms with Crippen molar-refractivity contribution in [3.8, 4) is 0 Å². The maximum Gasteiger partial charge on any atom is 0.303 e. The maximum absolute atomic E-state index is 10.5. The van der Waals surface area contributed by atoms with Gasteiger partial charge in [-0.2, -0.15) is 0 Å². The summed E-state index contributed by atoms with van der Waals surface area (Å²) >= 11 is 1.68. The molecule has 1 N–H and O–H groups in total. The minimum absolute atomic E-state index is 0.205. The van der Waals surface area contributed by atoms with Crippen LogP contribution in [0.3, 0.4) is 0 Å². The van der Waals surface area contributed by atoms with Crippen LogP contribution in [0.25, 0.3) is 0 Å². The lowest BCUT2D eigenvalue weighted by molar-refractivity contribution is -0.136. The highest BCUT2D eigenvalue weighted by atomic mass is 32.1. The zero-order valence-corrected chi connectivity index (χ0v) is 10.9. The van der Waals surface area contributed by atoms with Gasteiger partial charge in [-0.3, -0.25) is 4.79 Å². The van der Waals surface area contributed by atoms with Crippen molar-refractivity contribution in [1.29, 1.82) is 0 Å². The molecule has 0 atom stereocenters. The molecule has 0 fully saturated rings. The normalized spacial score (nSPS) is 11.0. The zero-order valence-electron chi connectivity index (χ0n) is 10.1. The molecule has 0 aliphatic heterocycles. The molecule has 0 bridgehead atoms. The molecule has 1 aromatic heterocycles. The molecule has 90 valence electrons. The van der Waals surface area contributed by atoms with Gasteiger partial charge in [0.15, 0.2) is 0 Å². The number of carbonyl (C=O) groups is 1. The van der Waals surface area contributed by atoms with Crippen LogP contribution in [0, 0.1) is 5.92 Å². The molecular formula is C12H19NO2S. The molecule has 3 nitrogen and oxygen atoms in total. The summed E-state index contributed by atoms with van der Waals surface area (Å²) in [5.74, 6) is -0.135. The van der Waals surface area contributed by atoms with E-state index in [1.165, 1.54) is 0 Å². The number of hydrogen-bond acceptors (Lipinski definition) is 3. The van der Waals surface area contributed by atoms with E-state index >= 15 is 0 Å². The van der Waals surface area contributed by atoms with E-state index in [4.69, 9.17) is 5.11 Å². The van der Waals surface area contributed by atoms with Crippen LogP contribution in [0.4, 0.5) is 0 Å². The summed E-state index contributed by atoms with van der Waals surface area (Å²) < 4.78 is 0. The number of thiazole rings is 1. The number of aryl methyl sites for hydroxylation is 2. The van der Waals surface area contributed by atoms with Crippen molar-refractivity contribution >= 4 is 17.3 Å². The van der Waals surface area contributed by atoms with Gasteiger partial charge in [0.2, 0.25) is 0 Å². The molecule has 0 aromatic carbocycles. The van der Waals surface area contributed by atoms with Crippen LogP contribution in [-0.2, 0) is 24.1 Å². The first-order valence-electron chi connectivity index (χ1n) is 5.72. The fourth-order valence-electron chi connectivity index (χ4n) is 1.57. The van der Waals surface area contributed by atoms with Gasteiger partial charge in [-0.05, 0) is 18.8 Å². The molecule has 0 saturated heterocycles. The summed E-state index contributed by atoms with van der Waals surface area (Å²) in [6, 6.07) is 0. The maximum atomic E-state index is 10.5. The average Bonchev–Trinajstić information content (AvgIpc) is 2.56. The van der Waals surface area contributed by atoms with Crippen LogP contribution in [0.5, 0.6) is 0 Å². The van der Waals surface area contributed by atoms with Gasteiger partial charge < -0.3 is 5.11 Å². The summed E-state index contributed by atoms with van der Waals surface area (Å²) in [4.78, 5) is 16.3. The Morgan fingerprint density at radius 3 is 2.69 bits per heavy atom. The molecule has 0 aliphatic carbocycles. The number of aromatic nitrogens is 1. The molecule has 16 heavy (non-hydrogen) atoms. The van der Waals surface area contributed by atoms with Crippen LogP contribution in [0.2, 0.25) is 0 Å². The van der Waals surface area contributed by atoms with E-state index in [9.17, 15) is 4.79 Å². The Bertz CT molecular complexity index is 358. The number of nitrogens with zero attached hydrogens (tertiary/aromatic N) is 1. The molecule has 1 rings (SSSR count). The summed E-state index contributed by atoms with van der Waals surface area (Å²) in [5.41, 5.74) is 1.09. The molecule has 0 amide bonds. The van der Waals surface area contributed by atoms with Crippen molar-refractivity contribution in [3.63, 3.8) is 0 Å². The van der Waals surface area contributed by atoms with Gasteiger partial charge in [0.05, 0.1) is 17.1 Å². The minimum atomic E-state index is -0.735. The standard InChI is InChI=1S/C12H19NO2S/c1-4-9-10(5-6-12(14)15)16-11(13-9)7-8(2)3/h8H,4-7H2,1-3H3,(H,14,15). The molecule has 0 aliphatic rings. The van der Waals surface area contributed by atoms with E-state index in [1.54, 1.807) is 11.3 Å². The van der Waals surface area contributed by atoms with Crippen LogP contribution in [-0.4, -0.2) is 16.1 Å². The van der Waals surface area contributed by atoms with Gasteiger partial charge in [-0.15, -0.1) is 11.3 Å². The second kappa shape index (κ2) is 5.99. The van der Waals surface area contributed by atoms with E-state index in [-0.39, 0.29) is 6.42 Å². The topological polar surface area (TPSA) is 50.2 Å². The molecule has 1 aromatic rings. The van der Waals surface area contributed by atoms with Gasteiger partial charge in [-0.25, -0.2) is 4.98 Å². The predicted molar refractivity (Wildman–Crippen MR) is 66.0 cm³/mol. The Morgan fingerprint density at radius 2 is 2.19 bits per heavy atom. The highest BCUT2D eigenvalue weighted by Crippen LogP contribution is 2.23. The quantitative estimate of drug-likeness (QED) is 0.833. The van der Waals surface area contributed by atoms with Gasteiger partial charge in [0.25, 0.3) is 0 Å². The van der Waals surface area contributed by atoms with Crippen molar-refractivity contribution in [2.24, 2.45) is 5.92 Å². The summed E-state index contributed by atoms with van der Waals surface area (Å²) in [7, 11) is 0. The summed E-state index contributed by atoms with van der Waals surface area (Å²) in [6.45, 7) is 6.41. The van der Waals surface area contributed by atoms with Crippen LogP contribution >= 0.6 is 11.3 Å². The third-order valence-corrected chi connectivity index (χ3v) is 3.49. The molecule has 1 heterocycles. The smallest absolute Gasteiger partial charge is 0.303 e. The summed E-state index contributed by atoms with van der Waals surface area (Å²) in [6.07, 6.45) is 2.71. The Labute approximate surface area is 101 Å².